The Morgan fingerprint density at radius 2 is 1.81 bits per heavy atom. The van der Waals surface area contributed by atoms with E-state index in [0.29, 0.717) is 30.1 Å². The number of carbonyl (C=O) groups is 2. The summed E-state index contributed by atoms with van der Waals surface area (Å²) in [5.74, 6) is -0.00387. The highest BCUT2D eigenvalue weighted by molar-refractivity contribution is 7.89. The Hall–Kier alpha value is -3.11. The monoisotopic (exact) mass is 444 g/mol. The van der Waals surface area contributed by atoms with Crippen LogP contribution in [-0.4, -0.2) is 76.3 Å². The minimum atomic E-state index is -3.76. The highest BCUT2D eigenvalue weighted by Gasteiger charge is 2.31. The lowest BCUT2D eigenvalue weighted by atomic mass is 10.1. The van der Waals surface area contributed by atoms with Crippen molar-refractivity contribution >= 4 is 33.2 Å². The van der Waals surface area contributed by atoms with E-state index in [0.717, 1.165) is 5.69 Å². The van der Waals surface area contributed by atoms with E-state index in [-0.39, 0.29) is 36.4 Å². The predicted molar refractivity (Wildman–Crippen MR) is 116 cm³/mol. The molecule has 0 saturated carbocycles. The van der Waals surface area contributed by atoms with E-state index in [9.17, 15) is 18.0 Å². The number of ether oxygens (including phenoxy) is 1. The van der Waals surface area contributed by atoms with Gasteiger partial charge in [-0.1, -0.05) is 6.07 Å². The number of fused-ring (bicyclic) bond motifs is 1. The molecule has 2 aromatic rings. The van der Waals surface area contributed by atoms with Crippen molar-refractivity contribution in [1.82, 2.24) is 9.21 Å². The van der Waals surface area contributed by atoms with Crippen LogP contribution in [0.4, 0.5) is 11.4 Å². The molecule has 1 N–H and O–H groups in total. The average Bonchev–Trinajstić information content (AvgIpc) is 2.78. The largest absolute Gasteiger partial charge is 0.482 e. The molecule has 0 spiro atoms. The van der Waals surface area contributed by atoms with Gasteiger partial charge in [-0.3, -0.25) is 9.59 Å². The zero-order valence-electron chi connectivity index (χ0n) is 17.4. The van der Waals surface area contributed by atoms with Gasteiger partial charge in [0.1, 0.15) is 5.75 Å². The second-order valence-corrected chi connectivity index (χ2v) is 9.57. The first-order chi connectivity index (χ1) is 14.8. The molecular weight excluding hydrogens is 420 g/mol. The van der Waals surface area contributed by atoms with Gasteiger partial charge in [-0.05, 0) is 36.4 Å². The van der Waals surface area contributed by atoms with Gasteiger partial charge >= 0.3 is 0 Å². The van der Waals surface area contributed by atoms with Gasteiger partial charge in [0.05, 0.1) is 10.6 Å². The molecule has 0 aromatic heterocycles. The molecule has 4 rings (SSSR count). The lowest BCUT2D eigenvalue weighted by molar-refractivity contribution is -0.118. The first-order valence-electron chi connectivity index (χ1n) is 9.89. The molecule has 1 fully saturated rings. The van der Waals surface area contributed by atoms with Crippen LogP contribution in [0.2, 0.25) is 0 Å². The van der Waals surface area contributed by atoms with E-state index in [1.165, 1.54) is 16.4 Å². The van der Waals surface area contributed by atoms with Gasteiger partial charge in [-0.25, -0.2) is 8.42 Å². The second-order valence-electron chi connectivity index (χ2n) is 7.64. The smallest absolute Gasteiger partial charge is 0.262 e. The third-order valence-corrected chi connectivity index (χ3v) is 7.25. The van der Waals surface area contributed by atoms with E-state index >= 15 is 0 Å². The van der Waals surface area contributed by atoms with Crippen molar-refractivity contribution in [1.29, 1.82) is 0 Å². The fourth-order valence-corrected chi connectivity index (χ4v) is 5.05. The number of nitrogens with zero attached hydrogens (tertiary/aromatic N) is 3. The van der Waals surface area contributed by atoms with Gasteiger partial charge in [0.15, 0.2) is 6.61 Å². The lowest BCUT2D eigenvalue weighted by Gasteiger charge is -2.34. The Kier molecular flexibility index (Phi) is 5.59. The summed E-state index contributed by atoms with van der Waals surface area (Å²) in [5.41, 5.74) is 1.84. The summed E-state index contributed by atoms with van der Waals surface area (Å²) in [6.07, 6.45) is 0. The molecule has 2 amide bonds. The molecule has 0 bridgehead atoms. The van der Waals surface area contributed by atoms with Crippen LogP contribution in [0.25, 0.3) is 0 Å². The van der Waals surface area contributed by atoms with Crippen molar-refractivity contribution in [3.63, 3.8) is 0 Å². The normalized spacial score (nSPS) is 16.8. The number of hydrogen-bond donors (Lipinski definition) is 1. The number of amides is 2. The SMILES string of the molecule is CN(C)c1cccc(C(=O)N2CCN(S(=O)(=O)c3ccc4c(c3)NC(=O)CO4)CC2)c1. The summed E-state index contributed by atoms with van der Waals surface area (Å²) in [5, 5.41) is 2.62. The van der Waals surface area contributed by atoms with Crippen LogP contribution in [0.1, 0.15) is 10.4 Å². The van der Waals surface area contributed by atoms with Gasteiger partial charge in [-0.15, -0.1) is 0 Å². The molecule has 2 aliphatic rings. The number of carbonyl (C=O) groups excluding carboxylic acids is 2. The van der Waals surface area contributed by atoms with Crippen LogP contribution in [0.3, 0.4) is 0 Å². The molecule has 1 saturated heterocycles. The molecule has 10 heteroatoms. The summed E-state index contributed by atoms with van der Waals surface area (Å²) < 4.78 is 32.8. The van der Waals surface area contributed by atoms with Gasteiger partial charge in [0.25, 0.3) is 11.8 Å². The maximum atomic E-state index is 13.1. The second kappa shape index (κ2) is 8.20. The molecule has 164 valence electrons. The van der Waals surface area contributed by atoms with Gasteiger partial charge in [-0.2, -0.15) is 4.31 Å². The maximum Gasteiger partial charge on any atom is 0.262 e. The third-order valence-electron chi connectivity index (χ3n) is 5.36. The molecule has 2 aliphatic heterocycles. The van der Waals surface area contributed by atoms with Crippen molar-refractivity contribution in [2.75, 3.05) is 57.1 Å². The number of nitrogens with one attached hydrogen (secondary N) is 1. The summed E-state index contributed by atoms with van der Waals surface area (Å²) in [6, 6.07) is 11.8. The van der Waals surface area contributed by atoms with E-state index in [4.69, 9.17) is 4.74 Å². The minimum Gasteiger partial charge on any atom is -0.482 e. The fourth-order valence-electron chi connectivity index (χ4n) is 3.60. The average molecular weight is 445 g/mol. The highest BCUT2D eigenvalue weighted by atomic mass is 32.2. The molecular formula is C21H24N4O5S. The summed E-state index contributed by atoms with van der Waals surface area (Å²) in [7, 11) is 0.0536. The van der Waals surface area contributed by atoms with Crippen LogP contribution in [0, 0.1) is 0 Å². The van der Waals surface area contributed by atoms with Crippen LogP contribution in [0.5, 0.6) is 5.75 Å². The van der Waals surface area contributed by atoms with Gasteiger partial charge < -0.3 is 19.9 Å². The number of piperazine rings is 1. The lowest BCUT2D eigenvalue weighted by Crippen LogP contribution is -2.50. The number of rotatable bonds is 4. The topological polar surface area (TPSA) is 99.3 Å². The van der Waals surface area contributed by atoms with Crippen LogP contribution in [0.15, 0.2) is 47.4 Å². The number of hydrogen-bond acceptors (Lipinski definition) is 6. The van der Waals surface area contributed by atoms with Crippen molar-refractivity contribution < 1.29 is 22.7 Å². The number of anilines is 2. The number of benzene rings is 2. The minimum absolute atomic E-state index is 0.0792. The molecule has 9 nitrogen and oxygen atoms in total. The Balaban J connectivity index is 1.46. The zero-order chi connectivity index (χ0) is 22.2. The quantitative estimate of drug-likeness (QED) is 0.762. The van der Waals surface area contributed by atoms with E-state index in [2.05, 4.69) is 5.32 Å². The molecule has 0 atom stereocenters. The molecule has 31 heavy (non-hydrogen) atoms. The summed E-state index contributed by atoms with van der Waals surface area (Å²) >= 11 is 0. The molecule has 0 unspecified atom stereocenters. The van der Waals surface area contributed by atoms with Gasteiger partial charge in [0, 0.05) is 51.5 Å². The highest BCUT2D eigenvalue weighted by Crippen LogP contribution is 2.31. The van der Waals surface area contributed by atoms with Crippen molar-refractivity contribution in [2.24, 2.45) is 0 Å². The predicted octanol–water partition coefficient (Wildman–Crippen LogP) is 1.23. The van der Waals surface area contributed by atoms with Crippen molar-refractivity contribution in [3.8, 4) is 5.75 Å². The maximum absolute atomic E-state index is 13.1. The zero-order valence-corrected chi connectivity index (χ0v) is 18.2. The first kappa shape index (κ1) is 21.1. The van der Waals surface area contributed by atoms with Gasteiger partial charge in [0.2, 0.25) is 10.0 Å². The molecule has 0 radical (unpaired) electrons. The molecule has 2 heterocycles. The fraction of sp³-hybridized carbons (Fsp3) is 0.333. The summed E-state index contributed by atoms with van der Waals surface area (Å²) in [6.45, 7) is 0.902. The Morgan fingerprint density at radius 3 is 2.52 bits per heavy atom. The Morgan fingerprint density at radius 1 is 1.06 bits per heavy atom. The van der Waals surface area contributed by atoms with Crippen LogP contribution in [-0.2, 0) is 14.8 Å². The van der Waals surface area contributed by atoms with Crippen LogP contribution < -0.4 is 15.0 Å². The Bertz CT molecular complexity index is 1120. The first-order valence-corrected chi connectivity index (χ1v) is 11.3. The molecule has 2 aromatic carbocycles. The number of sulfonamides is 1. The van der Waals surface area contributed by atoms with Crippen molar-refractivity contribution in [3.05, 3.63) is 48.0 Å². The van der Waals surface area contributed by atoms with Crippen molar-refractivity contribution in [2.45, 2.75) is 4.90 Å². The standard InChI is InChI=1S/C21H24N4O5S/c1-23(2)16-5-3-4-15(12-16)21(27)24-8-10-25(11-9-24)31(28,29)17-6-7-19-18(13-17)22-20(26)14-30-19/h3-7,12-13H,8-11,14H2,1-2H3,(H,22,26). The van der Waals surface area contributed by atoms with E-state index in [1.54, 1.807) is 17.0 Å². The van der Waals surface area contributed by atoms with Crippen LogP contribution >= 0.6 is 0 Å². The third kappa shape index (κ3) is 4.21. The summed E-state index contributed by atoms with van der Waals surface area (Å²) in [4.78, 5) is 28.1. The van der Waals surface area contributed by atoms with E-state index < -0.39 is 10.0 Å². The Labute approximate surface area is 181 Å². The van der Waals surface area contributed by atoms with E-state index in [1.807, 2.05) is 37.2 Å². The molecule has 0 aliphatic carbocycles.